The zero-order valence-electron chi connectivity index (χ0n) is 21.4. The Kier molecular flexibility index (Phi) is 7.32. The van der Waals surface area contributed by atoms with Crippen LogP contribution in [0.5, 0.6) is 0 Å². The Balaban J connectivity index is 1.48. The van der Waals surface area contributed by atoms with Gasteiger partial charge in [0.15, 0.2) is 0 Å². The highest BCUT2D eigenvalue weighted by Gasteiger charge is 2.51. The van der Waals surface area contributed by atoms with Crippen LogP contribution in [0.3, 0.4) is 0 Å². The maximum absolute atomic E-state index is 10.7. The number of hydrogen-bond donors (Lipinski definition) is 3. The minimum absolute atomic E-state index is 0.285. The zero-order valence-corrected chi connectivity index (χ0v) is 21.4. The third-order valence-corrected chi connectivity index (χ3v) is 9.69. The molecule has 1 saturated heterocycles. The summed E-state index contributed by atoms with van der Waals surface area (Å²) in [6, 6.07) is 0.285. The number of aliphatic hydroxyl groups is 3. The first kappa shape index (κ1) is 25.2. The molecule has 33 heavy (non-hydrogen) atoms. The fourth-order valence-corrected chi connectivity index (χ4v) is 8.02. The van der Waals surface area contributed by atoms with Gasteiger partial charge < -0.3 is 15.3 Å². The van der Waals surface area contributed by atoms with E-state index in [0.29, 0.717) is 30.1 Å². The summed E-state index contributed by atoms with van der Waals surface area (Å²) in [7, 11) is 0. The fraction of sp³-hybridized carbons (Fsp3) is 0.793. The van der Waals surface area contributed by atoms with Crippen molar-refractivity contribution in [3.05, 3.63) is 35.5 Å². The second-order valence-electron chi connectivity index (χ2n) is 12.4. The number of fused-ring (bicyclic) bond motifs is 1. The molecule has 3 aliphatic carbocycles. The van der Waals surface area contributed by atoms with E-state index in [2.05, 4.69) is 37.5 Å². The predicted octanol–water partition coefficient (Wildman–Crippen LogP) is 5.00. The first-order valence-corrected chi connectivity index (χ1v) is 13.4. The van der Waals surface area contributed by atoms with Crippen LogP contribution in [0, 0.1) is 23.2 Å². The molecule has 4 heteroatoms. The van der Waals surface area contributed by atoms with Crippen molar-refractivity contribution in [2.75, 3.05) is 13.1 Å². The van der Waals surface area contributed by atoms with Gasteiger partial charge >= 0.3 is 0 Å². The molecule has 7 atom stereocenters. The molecule has 2 unspecified atom stereocenters. The maximum atomic E-state index is 10.7. The van der Waals surface area contributed by atoms with Crippen LogP contribution >= 0.6 is 0 Å². The molecule has 3 saturated carbocycles. The van der Waals surface area contributed by atoms with Crippen molar-refractivity contribution in [3.8, 4) is 0 Å². The zero-order chi connectivity index (χ0) is 24.0. The Morgan fingerprint density at radius 3 is 2.67 bits per heavy atom. The highest BCUT2D eigenvalue weighted by atomic mass is 16.3. The third-order valence-electron chi connectivity index (χ3n) is 9.69. The van der Waals surface area contributed by atoms with Crippen molar-refractivity contribution in [2.45, 2.75) is 109 Å². The van der Waals surface area contributed by atoms with E-state index in [9.17, 15) is 15.3 Å². The first-order valence-electron chi connectivity index (χ1n) is 13.4. The normalized spacial score (nSPS) is 41.7. The lowest BCUT2D eigenvalue weighted by atomic mass is 9.61. The SMILES string of the molecule is C=C1C(=CC=C2CCC[C@]3(C)[C@@H](C(C)CN4CCCC4C(C)(C)O)CC[C@@H]23)C[C@@H](O)C[C@@H]1O. The van der Waals surface area contributed by atoms with Crippen LogP contribution in [-0.2, 0) is 0 Å². The molecule has 3 N–H and O–H groups in total. The van der Waals surface area contributed by atoms with E-state index in [4.69, 9.17) is 0 Å². The molecule has 0 aromatic carbocycles. The standard InChI is InChI=1S/C29H47NO3/c1-19(18-30-15-7-9-27(30)28(3,4)33)24-12-13-25-21(8-6-14-29(24,25)5)10-11-22-16-23(31)17-26(32)20(22)2/h10-11,19,23-27,31-33H,2,6-9,12-18H2,1,3-5H3/t19?,23-,24-,25+,26+,27?,29-/m1/s1. The topological polar surface area (TPSA) is 63.9 Å². The summed E-state index contributed by atoms with van der Waals surface area (Å²) in [4.78, 5) is 2.57. The number of aliphatic hydroxyl groups excluding tert-OH is 2. The van der Waals surface area contributed by atoms with E-state index in [1.807, 2.05) is 13.8 Å². The molecule has 0 bridgehead atoms. The molecular weight excluding hydrogens is 410 g/mol. The number of rotatable bonds is 5. The quantitative estimate of drug-likeness (QED) is 0.544. The van der Waals surface area contributed by atoms with E-state index >= 15 is 0 Å². The average molecular weight is 458 g/mol. The second-order valence-corrected chi connectivity index (χ2v) is 12.4. The molecule has 0 spiro atoms. The van der Waals surface area contributed by atoms with Crippen molar-refractivity contribution in [1.29, 1.82) is 0 Å². The number of nitrogens with zero attached hydrogens (tertiary/aromatic N) is 1. The molecule has 0 radical (unpaired) electrons. The summed E-state index contributed by atoms with van der Waals surface area (Å²) in [6.07, 6.45) is 12.9. The van der Waals surface area contributed by atoms with Gasteiger partial charge in [-0.05, 0) is 106 Å². The van der Waals surface area contributed by atoms with Gasteiger partial charge in [-0.25, -0.2) is 0 Å². The molecule has 4 aliphatic rings. The summed E-state index contributed by atoms with van der Waals surface area (Å²) in [5.41, 5.74) is 3.06. The molecule has 0 aromatic heterocycles. The summed E-state index contributed by atoms with van der Waals surface area (Å²) in [6.45, 7) is 15.2. The van der Waals surface area contributed by atoms with Gasteiger partial charge in [0, 0.05) is 19.0 Å². The van der Waals surface area contributed by atoms with Crippen molar-refractivity contribution in [2.24, 2.45) is 23.2 Å². The molecule has 4 fully saturated rings. The van der Waals surface area contributed by atoms with Crippen LogP contribution < -0.4 is 0 Å². The molecule has 186 valence electrons. The molecule has 0 amide bonds. The molecule has 1 aliphatic heterocycles. The van der Waals surface area contributed by atoms with Crippen LogP contribution in [0.15, 0.2) is 35.5 Å². The Morgan fingerprint density at radius 1 is 1.18 bits per heavy atom. The lowest BCUT2D eigenvalue weighted by molar-refractivity contribution is -0.0143. The van der Waals surface area contributed by atoms with E-state index in [0.717, 1.165) is 43.0 Å². The van der Waals surface area contributed by atoms with Crippen LogP contribution in [0.4, 0.5) is 0 Å². The predicted molar refractivity (Wildman–Crippen MR) is 135 cm³/mol. The highest BCUT2D eigenvalue weighted by Crippen LogP contribution is 2.59. The Labute approximate surface area is 201 Å². The molecule has 4 nitrogen and oxygen atoms in total. The smallest absolute Gasteiger partial charge is 0.0811 e. The minimum atomic E-state index is -0.628. The van der Waals surface area contributed by atoms with E-state index in [-0.39, 0.29) is 6.04 Å². The molecular formula is C29H47NO3. The van der Waals surface area contributed by atoms with Gasteiger partial charge in [-0.3, -0.25) is 4.90 Å². The van der Waals surface area contributed by atoms with E-state index in [1.54, 1.807) is 5.57 Å². The number of allylic oxidation sites excluding steroid dienone is 3. The Hall–Kier alpha value is -0.940. The van der Waals surface area contributed by atoms with Gasteiger partial charge in [0.05, 0.1) is 17.8 Å². The highest BCUT2D eigenvalue weighted by molar-refractivity contribution is 5.38. The van der Waals surface area contributed by atoms with E-state index < -0.39 is 17.8 Å². The molecule has 0 aromatic rings. The van der Waals surface area contributed by atoms with Crippen molar-refractivity contribution >= 4 is 0 Å². The van der Waals surface area contributed by atoms with Gasteiger partial charge in [-0.2, -0.15) is 0 Å². The molecule has 1 heterocycles. The molecule has 4 rings (SSSR count). The van der Waals surface area contributed by atoms with Crippen LogP contribution in [-0.4, -0.2) is 57.2 Å². The van der Waals surface area contributed by atoms with Gasteiger partial charge in [0.25, 0.3) is 0 Å². The minimum Gasteiger partial charge on any atom is -0.393 e. The fourth-order valence-electron chi connectivity index (χ4n) is 8.02. The van der Waals surface area contributed by atoms with Gasteiger partial charge in [-0.15, -0.1) is 0 Å². The number of hydrogen-bond acceptors (Lipinski definition) is 4. The van der Waals surface area contributed by atoms with Crippen LogP contribution in [0.25, 0.3) is 0 Å². The van der Waals surface area contributed by atoms with E-state index in [1.165, 1.54) is 32.1 Å². The largest absolute Gasteiger partial charge is 0.393 e. The second kappa shape index (κ2) is 9.60. The van der Waals surface area contributed by atoms with Gasteiger partial charge in [0.2, 0.25) is 0 Å². The average Bonchev–Trinajstić information content (AvgIpc) is 3.33. The first-order chi connectivity index (χ1) is 15.5. The van der Waals surface area contributed by atoms with Crippen LogP contribution in [0.2, 0.25) is 0 Å². The third kappa shape index (κ3) is 5.05. The summed E-state index contributed by atoms with van der Waals surface area (Å²) in [5.74, 6) is 1.98. The summed E-state index contributed by atoms with van der Waals surface area (Å²) < 4.78 is 0. The lowest BCUT2D eigenvalue weighted by Gasteiger charge is -2.45. The number of likely N-dealkylation sites (tertiary alicyclic amines) is 1. The summed E-state index contributed by atoms with van der Waals surface area (Å²) >= 11 is 0. The lowest BCUT2D eigenvalue weighted by Crippen LogP contribution is -2.48. The summed E-state index contributed by atoms with van der Waals surface area (Å²) in [5, 5.41) is 30.9. The van der Waals surface area contributed by atoms with Crippen molar-refractivity contribution in [3.63, 3.8) is 0 Å². The van der Waals surface area contributed by atoms with Gasteiger partial charge in [-0.1, -0.05) is 38.2 Å². The van der Waals surface area contributed by atoms with Crippen LogP contribution in [0.1, 0.15) is 85.5 Å². The Morgan fingerprint density at radius 2 is 1.94 bits per heavy atom. The van der Waals surface area contributed by atoms with Crippen molar-refractivity contribution < 1.29 is 15.3 Å². The van der Waals surface area contributed by atoms with Gasteiger partial charge in [0.1, 0.15) is 0 Å². The van der Waals surface area contributed by atoms with Crippen molar-refractivity contribution in [1.82, 2.24) is 4.90 Å². The Bertz CT molecular complexity index is 793. The maximum Gasteiger partial charge on any atom is 0.0811 e. The monoisotopic (exact) mass is 457 g/mol.